The number of benzene rings is 2. The maximum atomic E-state index is 13.4. The van der Waals surface area contributed by atoms with Crippen LogP contribution in [0.1, 0.15) is 41.1 Å². The van der Waals surface area contributed by atoms with E-state index in [1.165, 1.54) is 0 Å². The third kappa shape index (κ3) is 4.68. The highest BCUT2D eigenvalue weighted by molar-refractivity contribution is 7.89. The largest absolute Gasteiger partial charge is 0.352 e. The van der Waals surface area contributed by atoms with Gasteiger partial charge < -0.3 is 5.32 Å². The fraction of sp³-hybridized carbons (Fsp3) is 0.458. The normalized spacial score (nSPS) is 19.2. The molecule has 0 aromatic heterocycles. The van der Waals surface area contributed by atoms with Gasteiger partial charge in [0.2, 0.25) is 15.9 Å². The maximum Gasteiger partial charge on any atom is 0.243 e. The molecule has 2 aliphatic rings. The van der Waals surface area contributed by atoms with Crippen LogP contribution in [0.4, 0.5) is 0 Å². The van der Waals surface area contributed by atoms with Gasteiger partial charge in [-0.2, -0.15) is 4.31 Å². The lowest BCUT2D eigenvalue weighted by Crippen LogP contribution is -2.52. The van der Waals surface area contributed by atoms with E-state index in [9.17, 15) is 13.2 Å². The maximum absolute atomic E-state index is 13.4. The van der Waals surface area contributed by atoms with E-state index < -0.39 is 16.1 Å². The molecule has 166 valence electrons. The Morgan fingerprint density at radius 3 is 2.10 bits per heavy atom. The first-order valence-electron chi connectivity index (χ1n) is 10.9. The Morgan fingerprint density at radius 1 is 0.968 bits per heavy atom. The molecule has 1 aliphatic heterocycles. The van der Waals surface area contributed by atoms with Crippen molar-refractivity contribution < 1.29 is 13.2 Å². The van der Waals surface area contributed by atoms with Gasteiger partial charge in [0.15, 0.2) is 0 Å². The molecule has 1 saturated heterocycles. The number of amides is 1. The van der Waals surface area contributed by atoms with Crippen LogP contribution in [0.5, 0.6) is 0 Å². The summed E-state index contributed by atoms with van der Waals surface area (Å²) in [5.41, 5.74) is 3.57. The molecule has 0 spiro atoms. The summed E-state index contributed by atoms with van der Waals surface area (Å²) in [6.45, 7) is 7.46. The van der Waals surface area contributed by atoms with Crippen molar-refractivity contribution in [3.63, 3.8) is 0 Å². The van der Waals surface area contributed by atoms with Crippen molar-refractivity contribution in [3.8, 4) is 0 Å². The molecule has 7 heteroatoms. The van der Waals surface area contributed by atoms with Crippen LogP contribution < -0.4 is 5.32 Å². The standard InChI is InChI=1S/C24H31N3O3S/c1-17-15-18(2)23(19(3)16-17)31(29,30)27-13-11-26(12-14-27)22(20-7-5-4-6-8-20)24(28)25-21-9-10-21/h4-8,15-16,21-22H,9-14H2,1-3H3,(H,25,28)/t22-/m0/s1. The second-order valence-corrected chi connectivity index (χ2v) is 10.6. The van der Waals surface area contributed by atoms with E-state index in [1.54, 1.807) is 4.31 Å². The number of carbonyl (C=O) groups excluding carboxylic acids is 1. The fourth-order valence-corrected chi connectivity index (χ4v) is 6.41. The Balaban J connectivity index is 1.53. The van der Waals surface area contributed by atoms with Crippen LogP contribution in [0, 0.1) is 20.8 Å². The number of hydrogen-bond donors (Lipinski definition) is 1. The quantitative estimate of drug-likeness (QED) is 0.748. The van der Waals surface area contributed by atoms with Crippen LogP contribution in [-0.2, 0) is 14.8 Å². The second kappa shape index (κ2) is 8.73. The molecule has 1 heterocycles. The monoisotopic (exact) mass is 441 g/mol. The minimum Gasteiger partial charge on any atom is -0.352 e. The highest BCUT2D eigenvalue weighted by Gasteiger charge is 2.37. The number of nitrogens with zero attached hydrogens (tertiary/aromatic N) is 2. The number of aryl methyl sites for hydroxylation is 3. The minimum atomic E-state index is -3.58. The first kappa shape index (κ1) is 22.0. The molecule has 1 aliphatic carbocycles. The van der Waals surface area contributed by atoms with Gasteiger partial charge in [-0.3, -0.25) is 9.69 Å². The van der Waals surface area contributed by atoms with E-state index in [0.29, 0.717) is 31.1 Å². The molecule has 0 unspecified atom stereocenters. The summed E-state index contributed by atoms with van der Waals surface area (Å²) in [5, 5.41) is 3.12. The molecule has 1 N–H and O–H groups in total. The van der Waals surface area contributed by atoms with Crippen LogP contribution in [0.3, 0.4) is 0 Å². The molecule has 0 radical (unpaired) electrons. The highest BCUT2D eigenvalue weighted by Crippen LogP contribution is 2.29. The van der Waals surface area contributed by atoms with Crippen molar-refractivity contribution in [1.29, 1.82) is 0 Å². The van der Waals surface area contributed by atoms with Crippen molar-refractivity contribution in [2.45, 2.75) is 50.6 Å². The first-order valence-corrected chi connectivity index (χ1v) is 12.4. The van der Waals surface area contributed by atoms with E-state index in [-0.39, 0.29) is 11.9 Å². The van der Waals surface area contributed by atoms with Gasteiger partial charge in [-0.25, -0.2) is 8.42 Å². The van der Waals surface area contributed by atoms with Crippen molar-refractivity contribution in [2.24, 2.45) is 0 Å². The van der Waals surface area contributed by atoms with Crippen molar-refractivity contribution in [2.75, 3.05) is 26.2 Å². The summed E-state index contributed by atoms with van der Waals surface area (Å²) >= 11 is 0. The molecule has 2 fully saturated rings. The predicted molar refractivity (Wildman–Crippen MR) is 121 cm³/mol. The summed E-state index contributed by atoms with van der Waals surface area (Å²) < 4.78 is 28.4. The van der Waals surface area contributed by atoms with Gasteiger partial charge in [0.05, 0.1) is 4.90 Å². The Bertz CT molecular complexity index is 1030. The SMILES string of the molecule is Cc1cc(C)c(S(=O)(=O)N2CCN([C@H](C(=O)NC3CC3)c3ccccc3)CC2)c(C)c1. The van der Waals surface area contributed by atoms with Gasteiger partial charge in [-0.1, -0.05) is 48.0 Å². The number of nitrogens with one attached hydrogen (secondary N) is 1. The third-order valence-electron chi connectivity index (χ3n) is 6.13. The molecule has 0 bridgehead atoms. The molecule has 6 nitrogen and oxygen atoms in total. The number of sulfonamides is 1. The van der Waals surface area contributed by atoms with Crippen LogP contribution in [-0.4, -0.2) is 55.8 Å². The van der Waals surface area contributed by atoms with Crippen LogP contribution in [0.2, 0.25) is 0 Å². The molecule has 2 aromatic rings. The molecule has 1 amide bonds. The number of hydrogen-bond acceptors (Lipinski definition) is 4. The lowest BCUT2D eigenvalue weighted by Gasteiger charge is -2.38. The Labute approximate surface area is 185 Å². The van der Waals surface area contributed by atoms with Crippen LogP contribution >= 0.6 is 0 Å². The highest BCUT2D eigenvalue weighted by atomic mass is 32.2. The number of piperazine rings is 1. The van der Waals surface area contributed by atoms with Gasteiger partial charge in [-0.15, -0.1) is 0 Å². The van der Waals surface area contributed by atoms with Gasteiger partial charge >= 0.3 is 0 Å². The first-order chi connectivity index (χ1) is 14.8. The van der Waals surface area contributed by atoms with E-state index >= 15 is 0 Å². The summed E-state index contributed by atoms with van der Waals surface area (Å²) in [6, 6.07) is 13.5. The Hall–Kier alpha value is -2.22. The summed E-state index contributed by atoms with van der Waals surface area (Å²) in [6.07, 6.45) is 2.07. The smallest absolute Gasteiger partial charge is 0.243 e. The predicted octanol–water partition coefficient (Wildman–Crippen LogP) is 2.94. The Kier molecular flexibility index (Phi) is 6.19. The van der Waals surface area contributed by atoms with Crippen LogP contribution in [0.15, 0.2) is 47.4 Å². The van der Waals surface area contributed by atoms with Gasteiger partial charge in [0, 0.05) is 32.2 Å². The number of rotatable bonds is 6. The number of carbonyl (C=O) groups is 1. The topological polar surface area (TPSA) is 69.7 Å². The second-order valence-electron chi connectivity index (χ2n) is 8.76. The zero-order valence-corrected chi connectivity index (χ0v) is 19.3. The average molecular weight is 442 g/mol. The summed E-state index contributed by atoms with van der Waals surface area (Å²) in [5.74, 6) is 0.00947. The Morgan fingerprint density at radius 2 is 1.55 bits per heavy atom. The molecular formula is C24H31N3O3S. The zero-order chi connectivity index (χ0) is 22.2. The van der Waals surface area contributed by atoms with Crippen molar-refractivity contribution in [3.05, 3.63) is 64.7 Å². The van der Waals surface area contributed by atoms with E-state index in [2.05, 4.69) is 10.2 Å². The van der Waals surface area contributed by atoms with Gasteiger partial charge in [0.25, 0.3) is 0 Å². The molecule has 31 heavy (non-hydrogen) atoms. The summed E-state index contributed by atoms with van der Waals surface area (Å²) in [4.78, 5) is 15.5. The van der Waals surface area contributed by atoms with E-state index in [4.69, 9.17) is 0 Å². The van der Waals surface area contributed by atoms with Gasteiger partial charge in [0.1, 0.15) is 6.04 Å². The van der Waals surface area contributed by atoms with E-state index in [0.717, 1.165) is 35.1 Å². The zero-order valence-electron chi connectivity index (χ0n) is 18.5. The molecule has 1 atom stereocenters. The molecule has 1 saturated carbocycles. The fourth-order valence-electron chi connectivity index (χ4n) is 4.58. The summed E-state index contributed by atoms with van der Waals surface area (Å²) in [7, 11) is -3.58. The molecule has 2 aromatic carbocycles. The third-order valence-corrected chi connectivity index (χ3v) is 8.33. The lowest BCUT2D eigenvalue weighted by molar-refractivity contribution is -0.127. The van der Waals surface area contributed by atoms with E-state index in [1.807, 2.05) is 63.2 Å². The molecular weight excluding hydrogens is 410 g/mol. The lowest BCUT2D eigenvalue weighted by atomic mass is 10.0. The van der Waals surface area contributed by atoms with Crippen molar-refractivity contribution >= 4 is 15.9 Å². The van der Waals surface area contributed by atoms with Crippen molar-refractivity contribution in [1.82, 2.24) is 14.5 Å². The van der Waals surface area contributed by atoms with Gasteiger partial charge in [-0.05, 0) is 50.3 Å². The molecule has 4 rings (SSSR count). The van der Waals surface area contributed by atoms with Crippen LogP contribution in [0.25, 0.3) is 0 Å². The minimum absolute atomic E-state index is 0.00947. The average Bonchev–Trinajstić information content (AvgIpc) is 3.52.